The summed E-state index contributed by atoms with van der Waals surface area (Å²) in [5.74, 6) is 0. The summed E-state index contributed by atoms with van der Waals surface area (Å²) in [4.78, 5) is 18.8. The quantitative estimate of drug-likeness (QED) is 0.846. The number of pyridine rings is 1. The lowest BCUT2D eigenvalue weighted by Crippen LogP contribution is -2.59. The molecular formula is C13H18ClN3O2. The van der Waals surface area contributed by atoms with E-state index in [-0.39, 0.29) is 5.54 Å². The monoisotopic (exact) mass is 283 g/mol. The van der Waals surface area contributed by atoms with Crippen molar-refractivity contribution in [1.29, 1.82) is 0 Å². The lowest BCUT2D eigenvalue weighted by molar-refractivity contribution is 0.0180. The maximum absolute atomic E-state index is 11.0. The minimum absolute atomic E-state index is 0.184. The molecule has 1 aromatic rings. The number of hydrogen-bond donors (Lipinski definition) is 1. The molecule has 0 atom stereocenters. The van der Waals surface area contributed by atoms with Crippen molar-refractivity contribution < 1.29 is 9.90 Å². The average Bonchev–Trinajstić information content (AvgIpc) is 2.33. The fourth-order valence-electron chi connectivity index (χ4n) is 2.37. The molecule has 0 radical (unpaired) electrons. The predicted molar refractivity (Wildman–Crippen MR) is 73.3 cm³/mol. The van der Waals surface area contributed by atoms with E-state index >= 15 is 0 Å². The largest absolute Gasteiger partial charge is 0.465 e. The van der Waals surface area contributed by atoms with Crippen LogP contribution in [0.2, 0.25) is 5.15 Å². The van der Waals surface area contributed by atoms with Crippen LogP contribution in [0.5, 0.6) is 0 Å². The van der Waals surface area contributed by atoms with Gasteiger partial charge in [-0.05, 0) is 25.5 Å². The van der Waals surface area contributed by atoms with Gasteiger partial charge in [0.25, 0.3) is 0 Å². The first-order chi connectivity index (χ1) is 8.88. The van der Waals surface area contributed by atoms with Gasteiger partial charge in [0.05, 0.1) is 0 Å². The van der Waals surface area contributed by atoms with E-state index in [0.29, 0.717) is 18.2 Å². The van der Waals surface area contributed by atoms with E-state index in [9.17, 15) is 4.79 Å². The second-order valence-electron chi connectivity index (χ2n) is 5.43. The highest BCUT2D eigenvalue weighted by atomic mass is 35.5. The van der Waals surface area contributed by atoms with E-state index in [2.05, 4.69) is 23.7 Å². The highest BCUT2D eigenvalue weighted by molar-refractivity contribution is 6.29. The topological polar surface area (TPSA) is 56.7 Å². The van der Waals surface area contributed by atoms with Crippen LogP contribution in [-0.4, -0.2) is 51.2 Å². The molecule has 0 aliphatic carbocycles. The van der Waals surface area contributed by atoms with Crippen molar-refractivity contribution in [3.05, 3.63) is 29.0 Å². The van der Waals surface area contributed by atoms with Crippen LogP contribution in [0.15, 0.2) is 18.3 Å². The Morgan fingerprint density at radius 1 is 1.47 bits per heavy atom. The molecule has 1 aromatic heterocycles. The standard InChI is InChI=1S/C13H18ClN3O2/c1-13(2)9-16(12(18)19)5-6-17(13)8-10-3-4-11(14)15-7-10/h3-4,7H,5-6,8-9H2,1-2H3,(H,18,19). The molecular weight excluding hydrogens is 266 g/mol. The molecule has 2 heterocycles. The summed E-state index contributed by atoms with van der Waals surface area (Å²) in [5, 5.41) is 9.54. The molecule has 1 fully saturated rings. The normalized spacial score (nSPS) is 19.4. The molecule has 104 valence electrons. The van der Waals surface area contributed by atoms with Crippen molar-refractivity contribution in [2.75, 3.05) is 19.6 Å². The Hall–Kier alpha value is -1.33. The third-order valence-electron chi connectivity index (χ3n) is 3.51. The second-order valence-corrected chi connectivity index (χ2v) is 5.81. The Morgan fingerprint density at radius 2 is 2.21 bits per heavy atom. The third-order valence-corrected chi connectivity index (χ3v) is 3.73. The summed E-state index contributed by atoms with van der Waals surface area (Å²) >= 11 is 5.77. The Bertz CT molecular complexity index is 461. The minimum Gasteiger partial charge on any atom is -0.465 e. The van der Waals surface area contributed by atoms with Gasteiger partial charge in [-0.15, -0.1) is 0 Å². The van der Waals surface area contributed by atoms with Crippen LogP contribution in [0.4, 0.5) is 4.79 Å². The molecule has 2 rings (SSSR count). The number of carbonyl (C=O) groups is 1. The molecule has 6 heteroatoms. The summed E-state index contributed by atoms with van der Waals surface area (Å²) in [7, 11) is 0. The average molecular weight is 284 g/mol. The zero-order valence-electron chi connectivity index (χ0n) is 11.1. The first-order valence-corrected chi connectivity index (χ1v) is 6.60. The van der Waals surface area contributed by atoms with E-state index in [1.165, 1.54) is 4.90 Å². The predicted octanol–water partition coefficient (Wildman–Crippen LogP) is 2.31. The number of rotatable bonds is 2. The summed E-state index contributed by atoms with van der Waals surface area (Å²) in [6.07, 6.45) is 0.919. The number of halogens is 1. The number of aromatic nitrogens is 1. The van der Waals surface area contributed by atoms with Crippen LogP contribution >= 0.6 is 11.6 Å². The van der Waals surface area contributed by atoms with Gasteiger partial charge in [-0.25, -0.2) is 9.78 Å². The van der Waals surface area contributed by atoms with Gasteiger partial charge in [0.15, 0.2) is 0 Å². The molecule has 1 amide bonds. The maximum atomic E-state index is 11.0. The highest BCUT2D eigenvalue weighted by Gasteiger charge is 2.35. The van der Waals surface area contributed by atoms with E-state index < -0.39 is 6.09 Å². The van der Waals surface area contributed by atoms with E-state index in [4.69, 9.17) is 16.7 Å². The first kappa shape index (κ1) is 14.1. The first-order valence-electron chi connectivity index (χ1n) is 6.22. The van der Waals surface area contributed by atoms with E-state index in [1.54, 1.807) is 12.3 Å². The van der Waals surface area contributed by atoms with Crippen LogP contribution in [0.1, 0.15) is 19.4 Å². The Labute approximate surface area is 117 Å². The van der Waals surface area contributed by atoms with Crippen LogP contribution in [0.25, 0.3) is 0 Å². The smallest absolute Gasteiger partial charge is 0.407 e. The summed E-state index contributed by atoms with van der Waals surface area (Å²) in [6.45, 7) is 6.66. The van der Waals surface area contributed by atoms with Gasteiger partial charge in [0.2, 0.25) is 0 Å². The van der Waals surface area contributed by atoms with E-state index in [1.807, 2.05) is 6.07 Å². The molecule has 5 nitrogen and oxygen atoms in total. The van der Waals surface area contributed by atoms with E-state index in [0.717, 1.165) is 18.7 Å². The van der Waals surface area contributed by atoms with Crippen molar-refractivity contribution >= 4 is 17.7 Å². The summed E-state index contributed by atoms with van der Waals surface area (Å²) in [5.41, 5.74) is 0.900. The summed E-state index contributed by atoms with van der Waals surface area (Å²) < 4.78 is 0. The molecule has 0 bridgehead atoms. The summed E-state index contributed by atoms with van der Waals surface area (Å²) in [6, 6.07) is 3.73. The number of nitrogens with zero attached hydrogens (tertiary/aromatic N) is 3. The zero-order valence-corrected chi connectivity index (χ0v) is 11.9. The van der Waals surface area contributed by atoms with Crippen molar-refractivity contribution in [3.8, 4) is 0 Å². The molecule has 0 aromatic carbocycles. The molecule has 1 aliphatic rings. The van der Waals surface area contributed by atoms with Crippen LogP contribution < -0.4 is 0 Å². The third kappa shape index (κ3) is 3.36. The fraction of sp³-hybridized carbons (Fsp3) is 0.538. The number of carboxylic acid groups (broad SMARTS) is 1. The van der Waals surface area contributed by atoms with Crippen molar-refractivity contribution in [1.82, 2.24) is 14.8 Å². The Kier molecular flexibility index (Phi) is 3.96. The number of amides is 1. The van der Waals surface area contributed by atoms with Crippen LogP contribution in [-0.2, 0) is 6.54 Å². The number of hydrogen-bond acceptors (Lipinski definition) is 3. The van der Waals surface area contributed by atoms with Crippen molar-refractivity contribution in [2.24, 2.45) is 0 Å². The van der Waals surface area contributed by atoms with Gasteiger partial charge < -0.3 is 10.0 Å². The van der Waals surface area contributed by atoms with Gasteiger partial charge in [-0.2, -0.15) is 0 Å². The van der Waals surface area contributed by atoms with Crippen molar-refractivity contribution in [2.45, 2.75) is 25.9 Å². The molecule has 1 aliphatic heterocycles. The highest BCUT2D eigenvalue weighted by Crippen LogP contribution is 2.23. The molecule has 0 unspecified atom stereocenters. The zero-order chi connectivity index (χ0) is 14.0. The van der Waals surface area contributed by atoms with Gasteiger partial charge in [0, 0.05) is 37.9 Å². The molecule has 1 saturated heterocycles. The Morgan fingerprint density at radius 3 is 2.74 bits per heavy atom. The maximum Gasteiger partial charge on any atom is 0.407 e. The lowest BCUT2D eigenvalue weighted by atomic mass is 9.98. The molecule has 19 heavy (non-hydrogen) atoms. The Balaban J connectivity index is 2.05. The van der Waals surface area contributed by atoms with Gasteiger partial charge in [0.1, 0.15) is 5.15 Å². The lowest BCUT2D eigenvalue weighted by Gasteiger charge is -2.46. The minimum atomic E-state index is -0.846. The molecule has 1 N–H and O–H groups in total. The van der Waals surface area contributed by atoms with Crippen molar-refractivity contribution in [3.63, 3.8) is 0 Å². The van der Waals surface area contributed by atoms with Gasteiger partial charge in [-0.3, -0.25) is 4.90 Å². The van der Waals surface area contributed by atoms with Gasteiger partial charge in [-0.1, -0.05) is 17.7 Å². The molecule has 0 spiro atoms. The SMILES string of the molecule is CC1(C)CN(C(=O)O)CCN1Cc1ccc(Cl)nc1. The van der Waals surface area contributed by atoms with Gasteiger partial charge >= 0.3 is 6.09 Å². The fourth-order valence-corrected chi connectivity index (χ4v) is 2.48. The second kappa shape index (κ2) is 5.35. The van der Waals surface area contributed by atoms with Crippen LogP contribution in [0.3, 0.4) is 0 Å². The number of piperazine rings is 1. The molecule has 0 saturated carbocycles. The van der Waals surface area contributed by atoms with Crippen LogP contribution in [0, 0.1) is 0 Å².